The van der Waals surface area contributed by atoms with Gasteiger partial charge in [0.05, 0.1) is 0 Å². The molecule has 0 nitrogen and oxygen atoms in total. The molecular formula is C8H6I. The van der Waals surface area contributed by atoms with Gasteiger partial charge in [0.25, 0.3) is 0 Å². The lowest BCUT2D eigenvalue weighted by molar-refractivity contribution is 1.59. The van der Waals surface area contributed by atoms with Crippen molar-refractivity contribution in [1.29, 1.82) is 0 Å². The fraction of sp³-hybridized carbons (Fsp3) is 0. The first-order valence-electron chi connectivity index (χ1n) is 2.63. The lowest BCUT2D eigenvalue weighted by atomic mass is 10.2. The summed E-state index contributed by atoms with van der Waals surface area (Å²) < 4.78 is 1.20. The molecule has 9 heavy (non-hydrogen) atoms. The van der Waals surface area contributed by atoms with Gasteiger partial charge in [0.2, 0.25) is 0 Å². The molecule has 0 amide bonds. The summed E-state index contributed by atoms with van der Waals surface area (Å²) in [4.78, 5) is 0. The zero-order chi connectivity index (χ0) is 6.69. The van der Waals surface area contributed by atoms with E-state index in [-0.39, 0.29) is 0 Å². The first-order valence-corrected chi connectivity index (χ1v) is 3.71. The van der Waals surface area contributed by atoms with Crippen LogP contribution in [0.1, 0.15) is 5.56 Å². The third-order valence-electron chi connectivity index (χ3n) is 1.04. The average Bonchev–Trinajstić information content (AvgIpc) is 1.89. The van der Waals surface area contributed by atoms with Crippen molar-refractivity contribution in [3.8, 4) is 0 Å². The van der Waals surface area contributed by atoms with Crippen molar-refractivity contribution in [2.24, 2.45) is 0 Å². The van der Waals surface area contributed by atoms with E-state index in [1.807, 2.05) is 24.3 Å². The second-order valence-corrected chi connectivity index (χ2v) is 2.80. The molecule has 1 rings (SSSR count). The summed E-state index contributed by atoms with van der Waals surface area (Å²) in [5, 5.41) is 0. The molecule has 0 aromatic heterocycles. The first-order chi connectivity index (χ1) is 4.34. The highest BCUT2D eigenvalue weighted by Gasteiger charge is 1.89. The van der Waals surface area contributed by atoms with Gasteiger partial charge in [-0.3, -0.25) is 0 Å². The minimum absolute atomic E-state index is 1.08. The van der Waals surface area contributed by atoms with Crippen LogP contribution in [0.3, 0.4) is 0 Å². The van der Waals surface area contributed by atoms with Gasteiger partial charge in [-0.1, -0.05) is 24.8 Å². The van der Waals surface area contributed by atoms with Gasteiger partial charge in [-0.25, -0.2) is 0 Å². The Bertz CT molecular complexity index is 216. The number of halogens is 1. The van der Waals surface area contributed by atoms with Crippen molar-refractivity contribution in [2.75, 3.05) is 0 Å². The summed E-state index contributed by atoms with van der Waals surface area (Å²) in [5.74, 6) is 0. The van der Waals surface area contributed by atoms with Crippen molar-refractivity contribution in [3.63, 3.8) is 0 Å². The Morgan fingerprint density at radius 3 is 2.89 bits per heavy atom. The SMILES string of the molecule is C=Cc1[c]cccc1I. The Hall–Kier alpha value is -0.310. The molecule has 0 fully saturated rings. The van der Waals surface area contributed by atoms with Crippen LogP contribution in [0.2, 0.25) is 0 Å². The normalized spacial score (nSPS) is 9.00. The second-order valence-electron chi connectivity index (χ2n) is 1.64. The smallest absolute Gasteiger partial charge is 0.0208 e. The molecule has 0 atom stereocenters. The van der Waals surface area contributed by atoms with Gasteiger partial charge in [0.15, 0.2) is 0 Å². The Morgan fingerprint density at radius 2 is 2.44 bits per heavy atom. The summed E-state index contributed by atoms with van der Waals surface area (Å²) >= 11 is 2.26. The standard InChI is InChI=1S/C8H6I/c1-2-7-5-3-4-6-8(7)9/h2-4,6H,1H2. The van der Waals surface area contributed by atoms with E-state index in [1.165, 1.54) is 3.57 Å². The van der Waals surface area contributed by atoms with Gasteiger partial charge >= 0.3 is 0 Å². The van der Waals surface area contributed by atoms with E-state index in [4.69, 9.17) is 0 Å². The van der Waals surface area contributed by atoms with Crippen LogP contribution in [0.25, 0.3) is 6.08 Å². The van der Waals surface area contributed by atoms with Crippen LogP contribution in [-0.4, -0.2) is 0 Å². The third kappa shape index (κ3) is 1.55. The lowest BCUT2D eigenvalue weighted by Crippen LogP contribution is -1.75. The molecule has 0 aliphatic rings. The highest BCUT2D eigenvalue weighted by atomic mass is 127. The summed E-state index contributed by atoms with van der Waals surface area (Å²) in [6.45, 7) is 3.66. The number of hydrogen-bond acceptors (Lipinski definition) is 0. The summed E-state index contributed by atoms with van der Waals surface area (Å²) in [7, 11) is 0. The van der Waals surface area contributed by atoms with Gasteiger partial charge in [-0.2, -0.15) is 0 Å². The van der Waals surface area contributed by atoms with Gasteiger partial charge in [-0.15, -0.1) is 0 Å². The fourth-order valence-corrected chi connectivity index (χ4v) is 1.17. The van der Waals surface area contributed by atoms with Crippen LogP contribution < -0.4 is 0 Å². The van der Waals surface area contributed by atoms with Crippen molar-refractivity contribution in [2.45, 2.75) is 0 Å². The predicted molar refractivity (Wildman–Crippen MR) is 48.1 cm³/mol. The van der Waals surface area contributed by atoms with Crippen LogP contribution in [-0.2, 0) is 0 Å². The molecule has 1 aromatic rings. The van der Waals surface area contributed by atoms with Crippen LogP contribution in [0.4, 0.5) is 0 Å². The quantitative estimate of drug-likeness (QED) is 0.649. The van der Waals surface area contributed by atoms with Gasteiger partial charge < -0.3 is 0 Å². The third-order valence-corrected chi connectivity index (χ3v) is 1.98. The van der Waals surface area contributed by atoms with Gasteiger partial charge in [0.1, 0.15) is 0 Å². The molecule has 0 spiro atoms. The predicted octanol–water partition coefficient (Wildman–Crippen LogP) is 2.73. The molecule has 0 heterocycles. The van der Waals surface area contributed by atoms with Crippen LogP contribution in [0.5, 0.6) is 0 Å². The van der Waals surface area contributed by atoms with E-state index in [2.05, 4.69) is 35.2 Å². The molecule has 0 saturated heterocycles. The van der Waals surface area contributed by atoms with Crippen LogP contribution in [0, 0.1) is 9.64 Å². The zero-order valence-electron chi connectivity index (χ0n) is 4.89. The minimum Gasteiger partial charge on any atom is -0.0984 e. The van der Waals surface area contributed by atoms with E-state index in [9.17, 15) is 0 Å². The highest BCUT2D eigenvalue weighted by molar-refractivity contribution is 14.1. The summed E-state index contributed by atoms with van der Waals surface area (Å²) in [6, 6.07) is 8.95. The zero-order valence-corrected chi connectivity index (χ0v) is 7.05. The molecule has 0 unspecified atom stereocenters. The molecule has 1 aromatic carbocycles. The molecular weight excluding hydrogens is 223 g/mol. The summed E-state index contributed by atoms with van der Waals surface area (Å²) in [6.07, 6.45) is 1.81. The van der Waals surface area contributed by atoms with E-state index in [1.54, 1.807) is 0 Å². The lowest BCUT2D eigenvalue weighted by Gasteiger charge is -1.92. The largest absolute Gasteiger partial charge is 0.0984 e. The van der Waals surface area contributed by atoms with Crippen LogP contribution in [0.15, 0.2) is 24.8 Å². The maximum absolute atomic E-state index is 3.66. The van der Waals surface area contributed by atoms with Crippen molar-refractivity contribution in [1.82, 2.24) is 0 Å². The fourth-order valence-electron chi connectivity index (χ4n) is 0.586. The number of hydrogen-bond donors (Lipinski definition) is 0. The Labute approximate surface area is 68.7 Å². The monoisotopic (exact) mass is 229 g/mol. The molecule has 0 aliphatic carbocycles. The Morgan fingerprint density at radius 1 is 1.67 bits per heavy atom. The molecule has 0 aliphatic heterocycles. The van der Waals surface area contributed by atoms with Crippen molar-refractivity contribution in [3.05, 3.63) is 40.0 Å². The Kier molecular flexibility index (Phi) is 2.28. The van der Waals surface area contributed by atoms with E-state index >= 15 is 0 Å². The number of benzene rings is 1. The molecule has 45 valence electrons. The molecule has 0 bridgehead atoms. The summed E-state index contributed by atoms with van der Waals surface area (Å²) in [5.41, 5.74) is 1.08. The van der Waals surface area contributed by atoms with Crippen molar-refractivity contribution >= 4 is 28.7 Å². The minimum atomic E-state index is 1.08. The molecule has 0 saturated carbocycles. The molecule has 1 heteroatoms. The number of rotatable bonds is 1. The van der Waals surface area contributed by atoms with Gasteiger partial charge in [-0.05, 0) is 40.3 Å². The molecule has 1 radical (unpaired) electrons. The average molecular weight is 229 g/mol. The maximum atomic E-state index is 3.66. The maximum Gasteiger partial charge on any atom is 0.0208 e. The second kappa shape index (κ2) is 3.01. The van der Waals surface area contributed by atoms with Crippen molar-refractivity contribution < 1.29 is 0 Å². The topological polar surface area (TPSA) is 0 Å². The van der Waals surface area contributed by atoms with E-state index in [0.717, 1.165) is 5.56 Å². The van der Waals surface area contributed by atoms with Crippen LogP contribution >= 0.6 is 22.6 Å². The molecule has 0 N–H and O–H groups in total. The first kappa shape index (κ1) is 6.81. The van der Waals surface area contributed by atoms with Gasteiger partial charge in [0, 0.05) is 3.57 Å². The van der Waals surface area contributed by atoms with E-state index in [0.29, 0.717) is 0 Å². The van der Waals surface area contributed by atoms with E-state index < -0.39 is 0 Å². The Balaban J connectivity index is 3.15. The highest BCUT2D eigenvalue weighted by Crippen LogP contribution is 2.10.